The van der Waals surface area contributed by atoms with Crippen LogP contribution in [-0.4, -0.2) is 65.5 Å². The largest absolute Gasteiger partial charge is 0.508 e. The van der Waals surface area contributed by atoms with Gasteiger partial charge in [-0.25, -0.2) is 4.79 Å². The highest BCUT2D eigenvalue weighted by Crippen LogP contribution is 2.37. The number of rotatable bonds is 2. The number of phenols is 1. The smallest absolute Gasteiger partial charge is 0.410 e. The highest BCUT2D eigenvalue weighted by molar-refractivity contribution is 5.96. The van der Waals surface area contributed by atoms with Gasteiger partial charge in [0, 0.05) is 31.7 Å². The van der Waals surface area contributed by atoms with E-state index >= 15 is 0 Å². The summed E-state index contributed by atoms with van der Waals surface area (Å²) in [6.45, 7) is 7.52. The molecule has 1 saturated heterocycles. The van der Waals surface area contributed by atoms with Crippen molar-refractivity contribution in [3.63, 3.8) is 0 Å². The maximum atomic E-state index is 13.2. The van der Waals surface area contributed by atoms with Gasteiger partial charge in [0.15, 0.2) is 11.5 Å². The average Bonchev–Trinajstić information content (AvgIpc) is 3.06. The summed E-state index contributed by atoms with van der Waals surface area (Å²) in [5.41, 5.74) is 1.34. The van der Waals surface area contributed by atoms with Crippen molar-refractivity contribution < 1.29 is 28.9 Å². The van der Waals surface area contributed by atoms with Crippen LogP contribution in [0.1, 0.15) is 37.6 Å². The summed E-state index contributed by atoms with van der Waals surface area (Å²) in [4.78, 5) is 29.0. The molecule has 2 aromatic rings. The minimum Gasteiger partial charge on any atom is -0.508 e. The maximum Gasteiger partial charge on any atom is 0.410 e. The Morgan fingerprint density at radius 3 is 2.41 bits per heavy atom. The number of hydrogen-bond donors (Lipinski definition) is 1. The molecular formula is C24H28N2O6. The van der Waals surface area contributed by atoms with Crippen LogP contribution in [0.4, 0.5) is 4.79 Å². The Hall–Kier alpha value is -3.42. The van der Waals surface area contributed by atoms with Crippen LogP contribution in [-0.2, 0) is 4.74 Å². The van der Waals surface area contributed by atoms with Gasteiger partial charge in [-0.1, -0.05) is 6.07 Å². The fourth-order valence-corrected chi connectivity index (χ4v) is 3.79. The molecule has 0 radical (unpaired) electrons. The van der Waals surface area contributed by atoms with E-state index in [-0.39, 0.29) is 24.5 Å². The van der Waals surface area contributed by atoms with E-state index in [4.69, 9.17) is 14.2 Å². The molecule has 8 heteroatoms. The van der Waals surface area contributed by atoms with Crippen molar-refractivity contribution in [2.45, 2.75) is 32.8 Å². The number of carbonyl (C=O) groups excluding carboxylic acids is 2. The van der Waals surface area contributed by atoms with Crippen LogP contribution in [0.15, 0.2) is 36.4 Å². The number of nitrogens with zero attached hydrogens (tertiary/aromatic N) is 2. The van der Waals surface area contributed by atoms with Crippen LogP contribution < -0.4 is 9.47 Å². The van der Waals surface area contributed by atoms with Crippen molar-refractivity contribution in [3.8, 4) is 28.4 Å². The summed E-state index contributed by atoms with van der Waals surface area (Å²) in [6, 6.07) is 10.3. The third-order valence-electron chi connectivity index (χ3n) is 5.31. The van der Waals surface area contributed by atoms with Crippen LogP contribution in [0, 0.1) is 0 Å². The molecule has 1 fully saturated rings. The molecule has 2 aliphatic heterocycles. The lowest BCUT2D eigenvalue weighted by Gasteiger charge is -2.26. The monoisotopic (exact) mass is 440 g/mol. The minimum atomic E-state index is -0.564. The number of fused-ring (bicyclic) bond motifs is 1. The molecule has 0 saturated carbocycles. The summed E-state index contributed by atoms with van der Waals surface area (Å²) < 4.78 is 16.2. The van der Waals surface area contributed by atoms with Gasteiger partial charge in [0.1, 0.15) is 11.4 Å². The van der Waals surface area contributed by atoms with Gasteiger partial charge < -0.3 is 29.1 Å². The number of carbonyl (C=O) groups is 2. The number of hydrogen-bond acceptors (Lipinski definition) is 6. The van der Waals surface area contributed by atoms with Gasteiger partial charge in [-0.2, -0.15) is 0 Å². The standard InChI is InChI=1S/C24H28N2O6/c1-24(2,3)32-23(29)26-8-4-7-25(9-10-26)22(28)18-11-17(12-19(27)13-18)16-5-6-20-21(14-16)31-15-30-20/h5-6,11-14,27H,4,7-10,15H2,1-3H3. The average molecular weight is 440 g/mol. The first-order valence-electron chi connectivity index (χ1n) is 10.7. The molecule has 2 aromatic carbocycles. The Morgan fingerprint density at radius 1 is 0.906 bits per heavy atom. The van der Waals surface area contributed by atoms with Crippen molar-refractivity contribution >= 4 is 12.0 Å². The molecule has 8 nitrogen and oxygen atoms in total. The Kier molecular flexibility index (Phi) is 5.86. The first-order chi connectivity index (χ1) is 15.2. The predicted molar refractivity (Wildman–Crippen MR) is 118 cm³/mol. The first kappa shape index (κ1) is 21.8. The fraction of sp³-hybridized carbons (Fsp3) is 0.417. The normalized spacial score (nSPS) is 16.0. The first-order valence-corrected chi connectivity index (χ1v) is 10.7. The van der Waals surface area contributed by atoms with E-state index in [0.717, 1.165) is 5.56 Å². The van der Waals surface area contributed by atoms with Crippen LogP contribution in [0.25, 0.3) is 11.1 Å². The number of aromatic hydroxyl groups is 1. The molecule has 0 spiro atoms. The Bertz CT molecular complexity index is 1030. The SMILES string of the molecule is CC(C)(C)OC(=O)N1CCCN(C(=O)c2cc(O)cc(-c3ccc4c(c3)OCO4)c2)CC1. The summed E-state index contributed by atoms with van der Waals surface area (Å²) >= 11 is 0. The third kappa shape index (κ3) is 4.90. The molecule has 2 heterocycles. The molecule has 32 heavy (non-hydrogen) atoms. The predicted octanol–water partition coefficient (Wildman–Crippen LogP) is 3.87. The van der Waals surface area contributed by atoms with Crippen LogP contribution in [0.2, 0.25) is 0 Å². The van der Waals surface area contributed by atoms with Gasteiger partial charge >= 0.3 is 6.09 Å². The number of ether oxygens (including phenoxy) is 3. The lowest BCUT2D eigenvalue weighted by atomic mass is 10.0. The zero-order valence-corrected chi connectivity index (χ0v) is 18.6. The van der Waals surface area contributed by atoms with E-state index < -0.39 is 5.60 Å². The second kappa shape index (κ2) is 8.61. The van der Waals surface area contributed by atoms with E-state index in [1.807, 2.05) is 39.0 Å². The molecule has 0 unspecified atom stereocenters. The van der Waals surface area contributed by atoms with Gasteiger partial charge in [-0.05, 0) is 68.7 Å². The van der Waals surface area contributed by atoms with Gasteiger partial charge in [0.2, 0.25) is 6.79 Å². The Morgan fingerprint density at radius 2 is 1.62 bits per heavy atom. The highest BCUT2D eigenvalue weighted by atomic mass is 16.7. The van der Waals surface area contributed by atoms with Gasteiger partial charge in [0.05, 0.1) is 0 Å². The van der Waals surface area contributed by atoms with E-state index in [2.05, 4.69) is 0 Å². The van der Waals surface area contributed by atoms with Gasteiger partial charge in [-0.3, -0.25) is 4.79 Å². The second-order valence-corrected chi connectivity index (χ2v) is 8.95. The number of amides is 2. The molecule has 0 aromatic heterocycles. The molecule has 170 valence electrons. The van der Waals surface area contributed by atoms with Crippen LogP contribution in [0.5, 0.6) is 17.2 Å². The van der Waals surface area contributed by atoms with Crippen molar-refractivity contribution in [2.24, 2.45) is 0 Å². The topological polar surface area (TPSA) is 88.5 Å². The van der Waals surface area contributed by atoms with E-state index in [0.29, 0.717) is 55.2 Å². The molecule has 4 rings (SSSR count). The quantitative estimate of drug-likeness (QED) is 0.763. The lowest BCUT2D eigenvalue weighted by Crippen LogP contribution is -2.40. The van der Waals surface area contributed by atoms with Gasteiger partial charge in [0.25, 0.3) is 5.91 Å². The zero-order chi connectivity index (χ0) is 22.9. The highest BCUT2D eigenvalue weighted by Gasteiger charge is 2.27. The number of phenolic OH excluding ortho intramolecular Hbond substituents is 1. The molecule has 1 N–H and O–H groups in total. The van der Waals surface area contributed by atoms with Crippen molar-refractivity contribution in [2.75, 3.05) is 33.0 Å². The van der Waals surface area contributed by atoms with E-state index in [1.165, 1.54) is 6.07 Å². The minimum absolute atomic E-state index is 0.00807. The Balaban J connectivity index is 1.49. The molecule has 0 bridgehead atoms. The Labute approximate surface area is 187 Å². The fourth-order valence-electron chi connectivity index (χ4n) is 3.79. The van der Waals surface area contributed by atoms with Crippen molar-refractivity contribution in [1.29, 1.82) is 0 Å². The van der Waals surface area contributed by atoms with Crippen molar-refractivity contribution in [3.05, 3.63) is 42.0 Å². The van der Waals surface area contributed by atoms with E-state index in [1.54, 1.807) is 21.9 Å². The molecule has 2 amide bonds. The van der Waals surface area contributed by atoms with Crippen molar-refractivity contribution in [1.82, 2.24) is 9.80 Å². The van der Waals surface area contributed by atoms with Gasteiger partial charge in [-0.15, -0.1) is 0 Å². The molecule has 0 aliphatic carbocycles. The van der Waals surface area contributed by atoms with Crippen LogP contribution in [0.3, 0.4) is 0 Å². The molecular weight excluding hydrogens is 412 g/mol. The second-order valence-electron chi connectivity index (χ2n) is 8.95. The molecule has 2 aliphatic rings. The zero-order valence-electron chi connectivity index (χ0n) is 18.6. The summed E-state index contributed by atoms with van der Waals surface area (Å²) in [6.07, 6.45) is 0.285. The van der Waals surface area contributed by atoms with E-state index in [9.17, 15) is 14.7 Å². The summed E-state index contributed by atoms with van der Waals surface area (Å²) in [7, 11) is 0. The lowest BCUT2D eigenvalue weighted by molar-refractivity contribution is 0.0255. The summed E-state index contributed by atoms with van der Waals surface area (Å²) in [5.74, 6) is 1.13. The molecule has 0 atom stereocenters. The van der Waals surface area contributed by atoms with Crippen LogP contribution >= 0.6 is 0 Å². The maximum absolute atomic E-state index is 13.2. The third-order valence-corrected chi connectivity index (χ3v) is 5.31. The number of benzene rings is 2. The summed E-state index contributed by atoms with van der Waals surface area (Å²) in [5, 5.41) is 10.3.